The summed E-state index contributed by atoms with van der Waals surface area (Å²) in [4.78, 5) is 19.2. The van der Waals surface area contributed by atoms with Gasteiger partial charge in [0, 0.05) is 31.2 Å². The van der Waals surface area contributed by atoms with Crippen molar-refractivity contribution in [3.8, 4) is 0 Å². The van der Waals surface area contributed by atoms with E-state index in [0.29, 0.717) is 25.3 Å². The van der Waals surface area contributed by atoms with Gasteiger partial charge in [0.2, 0.25) is 0 Å². The summed E-state index contributed by atoms with van der Waals surface area (Å²) in [7, 11) is 1.80. The van der Waals surface area contributed by atoms with Crippen molar-refractivity contribution >= 4 is 17.2 Å². The number of nitrogens with two attached hydrogens (primary N) is 1. The number of aryl methyl sites for hydroxylation is 1. The lowest BCUT2D eigenvalue weighted by atomic mass is 10.3. The van der Waals surface area contributed by atoms with Crippen LogP contribution in [0.2, 0.25) is 0 Å². The van der Waals surface area contributed by atoms with Crippen LogP contribution in [0, 0.1) is 6.92 Å². The van der Waals surface area contributed by atoms with Crippen LogP contribution in [-0.2, 0) is 13.1 Å². The second-order valence-electron chi connectivity index (χ2n) is 4.47. The summed E-state index contributed by atoms with van der Waals surface area (Å²) in [5.41, 5.74) is 7.15. The summed E-state index contributed by atoms with van der Waals surface area (Å²) in [6, 6.07) is 2.06. The van der Waals surface area contributed by atoms with Gasteiger partial charge in [-0.3, -0.25) is 4.79 Å². The maximum absolute atomic E-state index is 12.2. The summed E-state index contributed by atoms with van der Waals surface area (Å²) in [6.07, 6.45) is 3.39. The highest BCUT2D eigenvalue weighted by atomic mass is 32.1. The molecule has 0 atom stereocenters. The van der Waals surface area contributed by atoms with E-state index >= 15 is 0 Å². The van der Waals surface area contributed by atoms with Crippen molar-refractivity contribution in [3.05, 3.63) is 40.1 Å². The van der Waals surface area contributed by atoms with Crippen molar-refractivity contribution in [2.24, 2.45) is 5.73 Å². The molecule has 0 aliphatic heterocycles. The average Bonchev–Trinajstić information content (AvgIpc) is 2.99. The summed E-state index contributed by atoms with van der Waals surface area (Å²) in [6.45, 7) is 3.88. The highest BCUT2D eigenvalue weighted by Gasteiger charge is 2.16. The van der Waals surface area contributed by atoms with Crippen LogP contribution >= 0.6 is 11.3 Å². The molecule has 2 heterocycles. The maximum atomic E-state index is 12.2. The van der Waals surface area contributed by atoms with Crippen LogP contribution in [0.25, 0.3) is 0 Å². The smallest absolute Gasteiger partial charge is 0.274 e. The lowest BCUT2D eigenvalue weighted by molar-refractivity contribution is 0.0781. The van der Waals surface area contributed by atoms with Crippen LogP contribution in [0.4, 0.5) is 0 Å². The number of amides is 1. The Bertz CT molecular complexity index is 560. The SMILES string of the molecule is Cc1ccsc1CN(C)C(=O)c1cn(CCN)cn1. The number of carbonyl (C=O) groups excluding carboxylic acids is 1. The Morgan fingerprint density at radius 1 is 1.58 bits per heavy atom. The first-order valence-corrected chi connectivity index (χ1v) is 7.00. The number of hydrogen-bond acceptors (Lipinski definition) is 4. The molecular weight excluding hydrogens is 260 g/mol. The van der Waals surface area contributed by atoms with Crippen LogP contribution in [0.15, 0.2) is 24.0 Å². The van der Waals surface area contributed by atoms with Crippen molar-refractivity contribution in [2.75, 3.05) is 13.6 Å². The van der Waals surface area contributed by atoms with Crippen LogP contribution in [0.3, 0.4) is 0 Å². The number of imidazole rings is 1. The highest BCUT2D eigenvalue weighted by molar-refractivity contribution is 7.10. The molecule has 0 radical (unpaired) electrons. The molecule has 0 saturated carbocycles. The fourth-order valence-electron chi connectivity index (χ4n) is 1.79. The van der Waals surface area contributed by atoms with Gasteiger partial charge in [0.05, 0.1) is 12.9 Å². The van der Waals surface area contributed by atoms with Gasteiger partial charge < -0.3 is 15.2 Å². The molecule has 102 valence electrons. The number of rotatable bonds is 5. The topological polar surface area (TPSA) is 64.2 Å². The van der Waals surface area contributed by atoms with E-state index in [9.17, 15) is 4.79 Å². The third-order valence-electron chi connectivity index (χ3n) is 2.94. The number of carbonyl (C=O) groups is 1. The molecule has 0 spiro atoms. The van der Waals surface area contributed by atoms with Crippen molar-refractivity contribution in [2.45, 2.75) is 20.0 Å². The minimum atomic E-state index is -0.0661. The molecule has 2 aromatic rings. The summed E-state index contributed by atoms with van der Waals surface area (Å²) in [5, 5.41) is 2.04. The van der Waals surface area contributed by atoms with Gasteiger partial charge in [-0.05, 0) is 23.9 Å². The second kappa shape index (κ2) is 5.99. The van der Waals surface area contributed by atoms with Crippen molar-refractivity contribution < 1.29 is 4.79 Å². The van der Waals surface area contributed by atoms with Gasteiger partial charge >= 0.3 is 0 Å². The Balaban J connectivity index is 2.04. The number of nitrogens with zero attached hydrogens (tertiary/aromatic N) is 3. The molecule has 6 heteroatoms. The Hall–Kier alpha value is -1.66. The predicted octanol–water partition coefficient (Wildman–Crippen LogP) is 1.48. The molecule has 2 N–H and O–H groups in total. The maximum Gasteiger partial charge on any atom is 0.274 e. The van der Waals surface area contributed by atoms with Gasteiger partial charge in [-0.15, -0.1) is 11.3 Å². The zero-order valence-corrected chi connectivity index (χ0v) is 12.0. The van der Waals surface area contributed by atoms with Crippen LogP contribution < -0.4 is 5.73 Å². The number of thiophene rings is 1. The monoisotopic (exact) mass is 278 g/mol. The third kappa shape index (κ3) is 3.21. The van der Waals surface area contributed by atoms with Gasteiger partial charge in [-0.25, -0.2) is 4.98 Å². The minimum absolute atomic E-state index is 0.0661. The number of aromatic nitrogens is 2. The number of hydrogen-bond donors (Lipinski definition) is 1. The fourth-order valence-corrected chi connectivity index (χ4v) is 2.75. The zero-order chi connectivity index (χ0) is 13.8. The third-order valence-corrected chi connectivity index (χ3v) is 3.94. The van der Waals surface area contributed by atoms with Crippen LogP contribution in [0.5, 0.6) is 0 Å². The largest absolute Gasteiger partial charge is 0.335 e. The van der Waals surface area contributed by atoms with E-state index in [-0.39, 0.29) is 5.91 Å². The van der Waals surface area contributed by atoms with Crippen LogP contribution in [-0.4, -0.2) is 34.0 Å². The summed E-state index contributed by atoms with van der Waals surface area (Å²) < 4.78 is 1.83. The molecule has 0 unspecified atom stereocenters. The van der Waals surface area contributed by atoms with E-state index in [2.05, 4.69) is 18.0 Å². The van der Waals surface area contributed by atoms with Gasteiger partial charge in [0.15, 0.2) is 0 Å². The Labute approximate surface area is 116 Å². The Morgan fingerprint density at radius 2 is 2.37 bits per heavy atom. The zero-order valence-electron chi connectivity index (χ0n) is 11.2. The Morgan fingerprint density at radius 3 is 3.00 bits per heavy atom. The van der Waals surface area contributed by atoms with Gasteiger partial charge in [0.25, 0.3) is 5.91 Å². The van der Waals surface area contributed by atoms with Gasteiger partial charge in [-0.2, -0.15) is 0 Å². The van der Waals surface area contributed by atoms with E-state index in [1.807, 2.05) is 9.95 Å². The van der Waals surface area contributed by atoms with E-state index in [1.165, 1.54) is 10.4 Å². The quantitative estimate of drug-likeness (QED) is 0.901. The molecule has 0 saturated heterocycles. The van der Waals surface area contributed by atoms with Crippen LogP contribution in [0.1, 0.15) is 20.9 Å². The first kappa shape index (κ1) is 13.8. The first-order valence-electron chi connectivity index (χ1n) is 6.12. The molecule has 5 nitrogen and oxygen atoms in total. The molecule has 0 aliphatic rings. The normalized spacial score (nSPS) is 10.7. The first-order chi connectivity index (χ1) is 9.11. The molecule has 19 heavy (non-hydrogen) atoms. The summed E-state index contributed by atoms with van der Waals surface area (Å²) >= 11 is 1.67. The van der Waals surface area contributed by atoms with E-state index in [0.717, 1.165) is 0 Å². The molecule has 1 amide bonds. The molecule has 0 aromatic carbocycles. The second-order valence-corrected chi connectivity index (χ2v) is 5.47. The molecule has 0 bridgehead atoms. The predicted molar refractivity (Wildman–Crippen MR) is 76.1 cm³/mol. The summed E-state index contributed by atoms with van der Waals surface area (Å²) in [5.74, 6) is -0.0661. The lowest BCUT2D eigenvalue weighted by Crippen LogP contribution is -2.26. The van der Waals surface area contributed by atoms with Crippen molar-refractivity contribution in [3.63, 3.8) is 0 Å². The van der Waals surface area contributed by atoms with Crippen molar-refractivity contribution in [1.29, 1.82) is 0 Å². The fraction of sp³-hybridized carbons (Fsp3) is 0.385. The Kier molecular flexibility index (Phi) is 4.34. The molecule has 2 rings (SSSR count). The van der Waals surface area contributed by atoms with E-state index in [4.69, 9.17) is 5.73 Å². The average molecular weight is 278 g/mol. The van der Waals surface area contributed by atoms with E-state index < -0.39 is 0 Å². The minimum Gasteiger partial charge on any atom is -0.335 e. The molecule has 0 fully saturated rings. The molecule has 2 aromatic heterocycles. The molecule has 0 aliphatic carbocycles. The van der Waals surface area contributed by atoms with E-state index in [1.54, 1.807) is 35.8 Å². The van der Waals surface area contributed by atoms with Crippen molar-refractivity contribution in [1.82, 2.24) is 14.5 Å². The highest BCUT2D eigenvalue weighted by Crippen LogP contribution is 2.18. The standard InChI is InChI=1S/C13H18N4OS/c1-10-3-6-19-12(10)8-16(2)13(18)11-7-17(5-4-14)9-15-11/h3,6-7,9H,4-5,8,14H2,1-2H3. The molecular formula is C13H18N4OS. The lowest BCUT2D eigenvalue weighted by Gasteiger charge is -2.15. The van der Waals surface area contributed by atoms with Gasteiger partial charge in [-0.1, -0.05) is 0 Å². The van der Waals surface area contributed by atoms with Gasteiger partial charge in [0.1, 0.15) is 5.69 Å².